The summed E-state index contributed by atoms with van der Waals surface area (Å²) in [6.07, 6.45) is 0. The summed E-state index contributed by atoms with van der Waals surface area (Å²) in [5.41, 5.74) is 0.890. The third-order valence-corrected chi connectivity index (χ3v) is 3.76. The third-order valence-electron chi connectivity index (χ3n) is 3.44. The van der Waals surface area contributed by atoms with Crippen LogP contribution in [0.3, 0.4) is 0 Å². The molecule has 0 N–H and O–H groups in total. The molecule has 0 spiro atoms. The van der Waals surface area contributed by atoms with Crippen molar-refractivity contribution in [2.45, 2.75) is 13.2 Å². The number of rotatable bonds is 5. The number of benzene rings is 2. The molecule has 1 heterocycles. The zero-order valence-corrected chi connectivity index (χ0v) is 13.7. The summed E-state index contributed by atoms with van der Waals surface area (Å²) >= 11 is 6.09. The molecule has 1 aromatic heterocycles. The lowest BCUT2D eigenvalue weighted by molar-refractivity contribution is 0.239. The zero-order valence-electron chi connectivity index (χ0n) is 12.9. The van der Waals surface area contributed by atoms with Crippen LogP contribution in [-0.2, 0) is 13.2 Å². The molecule has 6 nitrogen and oxygen atoms in total. The van der Waals surface area contributed by atoms with Crippen molar-refractivity contribution >= 4 is 11.6 Å². The van der Waals surface area contributed by atoms with E-state index < -0.39 is 5.69 Å². The minimum absolute atomic E-state index is 0.222. The minimum atomic E-state index is -0.394. The van der Waals surface area contributed by atoms with Gasteiger partial charge in [-0.3, -0.25) is 4.90 Å². The Kier molecular flexibility index (Phi) is 4.73. The quantitative estimate of drug-likeness (QED) is 0.710. The highest BCUT2D eigenvalue weighted by Gasteiger charge is 2.13. The van der Waals surface area contributed by atoms with E-state index in [0.29, 0.717) is 17.3 Å². The Balaban J connectivity index is 1.77. The monoisotopic (exact) mass is 347 g/mol. The molecule has 24 heavy (non-hydrogen) atoms. The van der Waals surface area contributed by atoms with Gasteiger partial charge in [0.15, 0.2) is 0 Å². The minimum Gasteiger partial charge on any atom is -0.283 e. The van der Waals surface area contributed by atoms with Crippen LogP contribution >= 0.6 is 11.6 Å². The van der Waals surface area contributed by atoms with Crippen LogP contribution < -0.4 is 5.69 Å². The first kappa shape index (κ1) is 16.4. The Morgan fingerprint density at radius 3 is 2.71 bits per heavy atom. The van der Waals surface area contributed by atoms with Gasteiger partial charge in [-0.25, -0.2) is 9.18 Å². The molecule has 0 aliphatic heterocycles. The number of aromatic nitrogens is 4. The van der Waals surface area contributed by atoms with Crippen LogP contribution in [0.4, 0.5) is 4.39 Å². The van der Waals surface area contributed by atoms with Gasteiger partial charge in [0.05, 0.1) is 10.7 Å². The fourth-order valence-electron chi connectivity index (χ4n) is 2.36. The molecule has 0 bridgehead atoms. The summed E-state index contributed by atoms with van der Waals surface area (Å²) < 4.78 is 15.6. The average Bonchev–Trinajstić information content (AvgIpc) is 2.89. The van der Waals surface area contributed by atoms with E-state index in [9.17, 15) is 9.18 Å². The molecule has 0 saturated carbocycles. The summed E-state index contributed by atoms with van der Waals surface area (Å²) in [6.45, 7) is 0.697. The maximum Gasteiger partial charge on any atom is 0.369 e. The average molecular weight is 348 g/mol. The van der Waals surface area contributed by atoms with Crippen molar-refractivity contribution < 1.29 is 4.39 Å². The van der Waals surface area contributed by atoms with Gasteiger partial charge in [-0.05, 0) is 47.3 Å². The highest BCUT2D eigenvalue weighted by molar-refractivity contribution is 6.32. The molecule has 0 saturated heterocycles. The maximum absolute atomic E-state index is 13.2. The van der Waals surface area contributed by atoms with Crippen molar-refractivity contribution in [1.29, 1.82) is 0 Å². The summed E-state index contributed by atoms with van der Waals surface area (Å²) in [5, 5.41) is 8.16. The van der Waals surface area contributed by atoms with E-state index in [4.69, 9.17) is 11.6 Å². The van der Waals surface area contributed by atoms with Crippen molar-refractivity contribution in [3.63, 3.8) is 0 Å². The lowest BCUT2D eigenvalue weighted by Gasteiger charge is -2.15. The van der Waals surface area contributed by atoms with Crippen LogP contribution in [0, 0.1) is 5.82 Å². The second-order valence-electron chi connectivity index (χ2n) is 5.41. The molecule has 0 aliphatic carbocycles. The van der Waals surface area contributed by atoms with Gasteiger partial charge in [0.25, 0.3) is 0 Å². The van der Waals surface area contributed by atoms with Crippen molar-refractivity contribution in [3.8, 4) is 5.69 Å². The largest absolute Gasteiger partial charge is 0.369 e. The first-order valence-corrected chi connectivity index (χ1v) is 7.63. The topological polar surface area (TPSA) is 56.0 Å². The summed E-state index contributed by atoms with van der Waals surface area (Å²) in [5.74, 6) is -0.289. The van der Waals surface area contributed by atoms with Gasteiger partial charge < -0.3 is 0 Å². The Hall–Kier alpha value is -2.51. The molecule has 0 radical (unpaired) electrons. The number of para-hydroxylation sites is 1. The van der Waals surface area contributed by atoms with Crippen LogP contribution in [0.1, 0.15) is 5.56 Å². The molecule has 0 atom stereocenters. The zero-order chi connectivity index (χ0) is 17.1. The Morgan fingerprint density at radius 1 is 1.17 bits per heavy atom. The molecule has 0 unspecified atom stereocenters. The maximum atomic E-state index is 13.2. The highest BCUT2D eigenvalue weighted by atomic mass is 35.5. The molecular formula is C16H15ClFN5O. The predicted octanol–water partition coefficient (Wildman–Crippen LogP) is 2.31. The standard InChI is InChI=1S/C16H15ClFN5O/c1-21(10-12-5-4-6-13(18)9-12)11-22-16(24)23(20-19-22)15-8-3-2-7-14(15)17/h2-9H,10-11H2,1H3. The lowest BCUT2D eigenvalue weighted by atomic mass is 10.2. The molecule has 0 fully saturated rings. The van der Waals surface area contributed by atoms with Crippen LogP contribution in [0.25, 0.3) is 5.69 Å². The van der Waals surface area contributed by atoms with Crippen molar-refractivity contribution in [1.82, 2.24) is 24.7 Å². The van der Waals surface area contributed by atoms with Gasteiger partial charge >= 0.3 is 5.69 Å². The van der Waals surface area contributed by atoms with Gasteiger partial charge in [0.2, 0.25) is 0 Å². The predicted molar refractivity (Wildman–Crippen MR) is 88.5 cm³/mol. The molecule has 2 aromatic carbocycles. The van der Waals surface area contributed by atoms with Crippen LogP contribution in [0.15, 0.2) is 53.3 Å². The Bertz CT molecular complexity index is 907. The van der Waals surface area contributed by atoms with Crippen molar-refractivity contribution in [2.24, 2.45) is 0 Å². The fourth-order valence-corrected chi connectivity index (χ4v) is 2.58. The number of nitrogens with zero attached hydrogens (tertiary/aromatic N) is 5. The van der Waals surface area contributed by atoms with Gasteiger partial charge in [0, 0.05) is 6.54 Å². The van der Waals surface area contributed by atoms with E-state index in [1.165, 1.54) is 16.8 Å². The Labute approximate surface area is 142 Å². The van der Waals surface area contributed by atoms with E-state index in [-0.39, 0.29) is 12.5 Å². The SMILES string of the molecule is CN(Cc1cccc(F)c1)Cn1nnn(-c2ccccc2Cl)c1=O. The number of hydrogen-bond acceptors (Lipinski definition) is 4. The van der Waals surface area contributed by atoms with Gasteiger partial charge in [0.1, 0.15) is 12.5 Å². The molecule has 0 aliphatic rings. The van der Waals surface area contributed by atoms with Crippen LogP contribution in [0.5, 0.6) is 0 Å². The second kappa shape index (κ2) is 6.94. The Morgan fingerprint density at radius 2 is 1.96 bits per heavy atom. The van der Waals surface area contributed by atoms with E-state index in [1.54, 1.807) is 30.3 Å². The van der Waals surface area contributed by atoms with E-state index >= 15 is 0 Å². The van der Waals surface area contributed by atoms with Crippen LogP contribution in [-0.4, -0.2) is 31.7 Å². The number of hydrogen-bond donors (Lipinski definition) is 0. The van der Waals surface area contributed by atoms with Gasteiger partial charge in [-0.15, -0.1) is 0 Å². The number of tetrazole rings is 1. The fraction of sp³-hybridized carbons (Fsp3) is 0.188. The number of halogens is 2. The summed E-state index contributed by atoms with van der Waals surface area (Å²) in [6, 6.07) is 13.2. The normalized spacial score (nSPS) is 11.2. The second-order valence-corrected chi connectivity index (χ2v) is 5.82. The summed E-state index contributed by atoms with van der Waals surface area (Å²) in [7, 11) is 1.81. The molecule has 0 amide bonds. The van der Waals surface area contributed by atoms with E-state index in [2.05, 4.69) is 10.4 Å². The van der Waals surface area contributed by atoms with E-state index in [1.807, 2.05) is 18.0 Å². The molecular weight excluding hydrogens is 333 g/mol. The van der Waals surface area contributed by atoms with Gasteiger partial charge in [-0.1, -0.05) is 35.9 Å². The summed E-state index contributed by atoms with van der Waals surface area (Å²) in [4.78, 5) is 14.3. The third kappa shape index (κ3) is 3.52. The first-order chi connectivity index (χ1) is 11.5. The smallest absolute Gasteiger partial charge is 0.283 e. The van der Waals surface area contributed by atoms with Crippen molar-refractivity contribution in [2.75, 3.05) is 7.05 Å². The first-order valence-electron chi connectivity index (χ1n) is 7.25. The molecule has 8 heteroatoms. The van der Waals surface area contributed by atoms with E-state index in [0.717, 1.165) is 10.2 Å². The molecule has 3 rings (SSSR count). The highest BCUT2D eigenvalue weighted by Crippen LogP contribution is 2.16. The molecule has 3 aromatic rings. The lowest BCUT2D eigenvalue weighted by Crippen LogP contribution is -2.31. The van der Waals surface area contributed by atoms with Crippen molar-refractivity contribution in [3.05, 3.63) is 75.4 Å². The van der Waals surface area contributed by atoms with Gasteiger partial charge in [-0.2, -0.15) is 9.36 Å². The van der Waals surface area contributed by atoms with Crippen LogP contribution in [0.2, 0.25) is 5.02 Å². The molecule has 124 valence electrons.